The summed E-state index contributed by atoms with van der Waals surface area (Å²) in [6.45, 7) is 4.13. The van der Waals surface area contributed by atoms with Gasteiger partial charge in [0.15, 0.2) is 0 Å². The van der Waals surface area contributed by atoms with E-state index in [0.717, 1.165) is 0 Å². The van der Waals surface area contributed by atoms with Gasteiger partial charge in [0, 0.05) is 0 Å². The number of hydrogen-bond acceptors (Lipinski definition) is 2. The van der Waals surface area contributed by atoms with E-state index >= 15 is 0 Å². The van der Waals surface area contributed by atoms with E-state index in [1.807, 2.05) is 0 Å². The Balaban J connectivity index is 3.38. The second-order valence-electron chi connectivity index (χ2n) is 5.41. The average molecular weight is 397 g/mol. The van der Waals surface area contributed by atoms with Crippen LogP contribution in [0.4, 0.5) is 44.3 Å². The van der Waals surface area contributed by atoms with E-state index in [9.17, 15) is 44.3 Å². The normalized spacial score (nSPS) is 13.5. The molecule has 26 heavy (non-hydrogen) atoms. The Morgan fingerprint density at radius 2 is 1.19 bits per heavy atom. The van der Waals surface area contributed by atoms with Crippen molar-refractivity contribution in [1.82, 2.24) is 5.32 Å². The van der Waals surface area contributed by atoms with Crippen molar-refractivity contribution in [1.29, 1.82) is 0 Å². The van der Waals surface area contributed by atoms with Crippen LogP contribution in [-0.4, -0.2) is 30.2 Å². The molecule has 0 saturated heterocycles. The first-order valence-electron chi connectivity index (χ1n) is 6.72. The van der Waals surface area contributed by atoms with E-state index in [2.05, 4.69) is 4.74 Å². The molecule has 0 bridgehead atoms. The lowest BCUT2D eigenvalue weighted by molar-refractivity contribution is -0.386. The van der Waals surface area contributed by atoms with Crippen molar-refractivity contribution >= 4 is 6.09 Å². The predicted octanol–water partition coefficient (Wildman–Crippen LogP) is 5.13. The van der Waals surface area contributed by atoms with Gasteiger partial charge >= 0.3 is 30.2 Å². The van der Waals surface area contributed by atoms with E-state index in [1.54, 1.807) is 0 Å². The third kappa shape index (κ3) is 3.68. The van der Waals surface area contributed by atoms with Crippen molar-refractivity contribution in [2.24, 2.45) is 0 Å². The third-order valence-electron chi connectivity index (χ3n) is 3.63. The number of alkyl halides is 9. The number of benzene rings is 1. The summed E-state index contributed by atoms with van der Waals surface area (Å²) in [5.41, 5.74) is -5.74. The van der Waals surface area contributed by atoms with Crippen molar-refractivity contribution in [2.45, 2.75) is 44.8 Å². The van der Waals surface area contributed by atoms with Crippen LogP contribution in [-0.2, 0) is 0 Å². The highest BCUT2D eigenvalue weighted by molar-refractivity contribution is 5.73. The number of hydrogen-bond donors (Lipinski definition) is 1. The molecule has 0 fully saturated rings. The van der Waals surface area contributed by atoms with Gasteiger partial charge in [-0.25, -0.2) is 4.79 Å². The van der Waals surface area contributed by atoms with Crippen molar-refractivity contribution in [2.75, 3.05) is 0 Å². The van der Waals surface area contributed by atoms with Crippen LogP contribution < -0.4 is 10.1 Å². The van der Waals surface area contributed by atoms with E-state index in [4.69, 9.17) is 0 Å². The molecule has 0 unspecified atom stereocenters. The minimum atomic E-state index is -6.92. The molecule has 0 spiro atoms. The molecule has 3 nitrogen and oxygen atoms in total. The summed E-state index contributed by atoms with van der Waals surface area (Å²) in [4.78, 5) is 11.6. The maximum atomic E-state index is 12.8. The highest BCUT2D eigenvalue weighted by Crippen LogP contribution is 2.52. The Labute approximate surface area is 141 Å². The summed E-state index contributed by atoms with van der Waals surface area (Å²) in [5.74, 6) is -0.442. The van der Waals surface area contributed by atoms with Crippen LogP contribution in [0.3, 0.4) is 0 Å². The minimum absolute atomic E-state index is 0.0634. The number of halogens is 9. The number of carbonyl (C=O) groups excluding carboxylic acids is 1. The van der Waals surface area contributed by atoms with Crippen LogP contribution in [0.15, 0.2) is 12.1 Å². The fraction of sp³-hybridized carbons (Fsp3) is 0.500. The molecule has 0 saturated carbocycles. The molecule has 148 valence electrons. The molecule has 0 heterocycles. The fourth-order valence-corrected chi connectivity index (χ4v) is 2.05. The first-order chi connectivity index (χ1) is 11.5. The summed E-state index contributed by atoms with van der Waals surface area (Å²) in [5, 5.41) is -0.0634. The first kappa shape index (κ1) is 21.9. The van der Waals surface area contributed by atoms with Crippen LogP contribution in [0.5, 0.6) is 5.75 Å². The highest BCUT2D eigenvalue weighted by atomic mass is 19.4. The number of amides is 1. The lowest BCUT2D eigenvalue weighted by Crippen LogP contribution is -2.75. The van der Waals surface area contributed by atoms with Gasteiger partial charge in [-0.1, -0.05) is 12.1 Å². The molecule has 1 rings (SSSR count). The lowest BCUT2D eigenvalue weighted by atomic mass is 9.97. The maximum absolute atomic E-state index is 12.8. The maximum Gasteiger partial charge on any atom is 0.429 e. The van der Waals surface area contributed by atoms with Crippen molar-refractivity contribution in [3.8, 4) is 5.75 Å². The predicted molar refractivity (Wildman–Crippen MR) is 70.7 cm³/mol. The lowest BCUT2D eigenvalue weighted by Gasteiger charge is -2.38. The number of rotatable bonds is 2. The van der Waals surface area contributed by atoms with E-state index in [-0.39, 0.29) is 16.4 Å². The summed E-state index contributed by atoms with van der Waals surface area (Å²) < 4.78 is 119. The Morgan fingerprint density at radius 1 is 0.808 bits per heavy atom. The van der Waals surface area contributed by atoms with Gasteiger partial charge in [0.05, 0.1) is 0 Å². The van der Waals surface area contributed by atoms with Gasteiger partial charge in [0.2, 0.25) is 0 Å². The summed E-state index contributed by atoms with van der Waals surface area (Å²) in [6.07, 6.45) is -23.3. The molecule has 1 aromatic rings. The SMILES string of the molecule is Cc1ccc(C)c(OC(=O)NC(C(F)(F)F)(C(F)(F)F)C(F)(F)F)c1C. The molecule has 0 radical (unpaired) electrons. The molecule has 0 aliphatic carbocycles. The number of nitrogens with one attached hydrogen (secondary N) is 1. The first-order valence-corrected chi connectivity index (χ1v) is 6.72. The largest absolute Gasteiger partial charge is 0.429 e. The van der Waals surface area contributed by atoms with Crippen LogP contribution in [0.1, 0.15) is 16.7 Å². The molecular formula is C14H12F9NO2. The summed E-state index contributed by atoms with van der Waals surface area (Å²) in [6, 6.07) is 2.84. The van der Waals surface area contributed by atoms with Crippen molar-refractivity contribution < 1.29 is 49.0 Å². The molecule has 0 aromatic heterocycles. The second-order valence-corrected chi connectivity index (χ2v) is 5.41. The van der Waals surface area contributed by atoms with E-state index in [1.165, 1.54) is 32.9 Å². The zero-order valence-corrected chi connectivity index (χ0v) is 13.4. The molecule has 0 aliphatic heterocycles. The summed E-state index contributed by atoms with van der Waals surface area (Å²) >= 11 is 0. The van der Waals surface area contributed by atoms with Crippen LogP contribution in [0.2, 0.25) is 0 Å². The van der Waals surface area contributed by atoms with Gasteiger partial charge in [-0.15, -0.1) is 0 Å². The van der Waals surface area contributed by atoms with Gasteiger partial charge < -0.3 is 4.74 Å². The number of ether oxygens (including phenoxy) is 1. The van der Waals surface area contributed by atoms with Gasteiger partial charge in [-0.3, -0.25) is 5.32 Å². The number of carbonyl (C=O) groups is 1. The van der Waals surface area contributed by atoms with Gasteiger partial charge in [0.25, 0.3) is 0 Å². The van der Waals surface area contributed by atoms with Crippen LogP contribution >= 0.6 is 0 Å². The average Bonchev–Trinajstić information content (AvgIpc) is 2.41. The standard InChI is InChI=1S/C14H12F9NO2/c1-6-4-5-7(2)9(8(6)3)26-10(25)24-11(12(15,16)17,13(18,19)20)14(21,22)23/h4-5H,1-3H3,(H,24,25). The topological polar surface area (TPSA) is 38.3 Å². The second kappa shape index (κ2) is 6.54. The molecule has 1 N–H and O–H groups in total. The van der Waals surface area contributed by atoms with E-state index < -0.39 is 35.9 Å². The van der Waals surface area contributed by atoms with Gasteiger partial charge in [0.1, 0.15) is 5.75 Å². The molecule has 1 aromatic carbocycles. The smallest absolute Gasteiger partial charge is 0.410 e. The quantitative estimate of drug-likeness (QED) is 0.703. The van der Waals surface area contributed by atoms with Crippen LogP contribution in [0.25, 0.3) is 0 Å². The molecular weight excluding hydrogens is 385 g/mol. The zero-order valence-electron chi connectivity index (χ0n) is 13.4. The fourth-order valence-electron chi connectivity index (χ4n) is 2.05. The van der Waals surface area contributed by atoms with Crippen molar-refractivity contribution in [3.05, 3.63) is 28.8 Å². The molecule has 0 atom stereocenters. The molecule has 12 heteroatoms. The van der Waals surface area contributed by atoms with E-state index in [0.29, 0.717) is 5.56 Å². The Morgan fingerprint density at radius 3 is 1.58 bits per heavy atom. The van der Waals surface area contributed by atoms with Gasteiger partial charge in [-0.2, -0.15) is 39.5 Å². The Hall–Kier alpha value is -2.14. The molecule has 0 aliphatic rings. The third-order valence-corrected chi connectivity index (χ3v) is 3.63. The highest BCUT2D eigenvalue weighted by Gasteiger charge is 2.85. The minimum Gasteiger partial charge on any atom is -0.410 e. The zero-order chi connectivity index (χ0) is 20.7. The monoisotopic (exact) mass is 397 g/mol. The number of aryl methyl sites for hydroxylation is 2. The van der Waals surface area contributed by atoms with Crippen LogP contribution in [0, 0.1) is 20.8 Å². The van der Waals surface area contributed by atoms with Gasteiger partial charge in [-0.05, 0) is 37.5 Å². The Kier molecular flexibility index (Phi) is 5.51. The Bertz CT molecular complexity index is 653. The summed E-state index contributed by atoms with van der Waals surface area (Å²) in [7, 11) is 0. The van der Waals surface area contributed by atoms with Crippen molar-refractivity contribution in [3.63, 3.8) is 0 Å². The molecule has 1 amide bonds.